The summed E-state index contributed by atoms with van der Waals surface area (Å²) in [5.74, 6) is -2.15. The lowest BCUT2D eigenvalue weighted by molar-refractivity contribution is -0.137. The fraction of sp³-hybridized carbons (Fsp3) is 0.133. The first-order chi connectivity index (χ1) is 18.4. The standard InChI is InChI=1S/C30H26FN3O4/c31-22-14-12-21(13-15-22)20-34(18-16-28(35)36)30(38)27-11-4-2-9-25(27)24-8-1-3-10-26(24)29(37)33-19-23-7-5-6-17-32-23/h1-15,17H,16,18-20H2,(H,33,37)(H,35,36). The summed E-state index contributed by atoms with van der Waals surface area (Å²) in [6.07, 6.45) is 1.40. The van der Waals surface area contributed by atoms with Gasteiger partial charge in [0.25, 0.3) is 11.8 Å². The number of carboxylic acid groups (broad SMARTS) is 1. The van der Waals surface area contributed by atoms with Crippen LogP contribution in [0.25, 0.3) is 11.1 Å². The molecule has 0 spiro atoms. The van der Waals surface area contributed by atoms with Gasteiger partial charge in [0.15, 0.2) is 0 Å². The Morgan fingerprint density at radius 3 is 2.11 bits per heavy atom. The van der Waals surface area contributed by atoms with Gasteiger partial charge < -0.3 is 15.3 Å². The lowest BCUT2D eigenvalue weighted by Crippen LogP contribution is -2.33. The normalized spacial score (nSPS) is 10.6. The molecule has 0 aliphatic heterocycles. The van der Waals surface area contributed by atoms with E-state index in [9.17, 15) is 23.9 Å². The van der Waals surface area contributed by atoms with Crippen molar-refractivity contribution in [1.82, 2.24) is 15.2 Å². The zero-order chi connectivity index (χ0) is 26.9. The summed E-state index contributed by atoms with van der Waals surface area (Å²) in [5.41, 5.74) is 3.19. The Labute approximate surface area is 219 Å². The number of nitrogens with zero attached hydrogens (tertiary/aromatic N) is 2. The zero-order valence-corrected chi connectivity index (χ0v) is 20.5. The van der Waals surface area contributed by atoms with E-state index in [1.54, 1.807) is 72.9 Å². The molecule has 0 aliphatic rings. The Kier molecular flexibility index (Phi) is 8.56. The van der Waals surface area contributed by atoms with Crippen LogP contribution in [0.3, 0.4) is 0 Å². The highest BCUT2D eigenvalue weighted by molar-refractivity contribution is 6.06. The van der Waals surface area contributed by atoms with Crippen LogP contribution in [0.4, 0.5) is 4.39 Å². The van der Waals surface area contributed by atoms with E-state index in [-0.39, 0.29) is 32.0 Å². The molecule has 0 radical (unpaired) electrons. The van der Waals surface area contributed by atoms with Crippen molar-refractivity contribution in [3.8, 4) is 11.1 Å². The number of halogens is 1. The van der Waals surface area contributed by atoms with Gasteiger partial charge in [-0.25, -0.2) is 4.39 Å². The van der Waals surface area contributed by atoms with E-state index in [0.717, 1.165) is 0 Å². The molecule has 1 aromatic heterocycles. The Morgan fingerprint density at radius 1 is 0.816 bits per heavy atom. The first-order valence-corrected chi connectivity index (χ1v) is 12.0. The number of rotatable bonds is 10. The minimum absolute atomic E-state index is 0.0356. The molecule has 7 nitrogen and oxygen atoms in total. The molecule has 4 aromatic rings. The minimum atomic E-state index is -1.04. The van der Waals surface area contributed by atoms with Gasteiger partial charge in [-0.2, -0.15) is 0 Å². The number of nitrogens with one attached hydrogen (secondary N) is 1. The second-order valence-corrected chi connectivity index (χ2v) is 8.59. The van der Waals surface area contributed by atoms with Crippen molar-refractivity contribution >= 4 is 17.8 Å². The topological polar surface area (TPSA) is 99.6 Å². The van der Waals surface area contributed by atoms with E-state index >= 15 is 0 Å². The van der Waals surface area contributed by atoms with Crippen molar-refractivity contribution < 1.29 is 23.9 Å². The number of aliphatic carboxylic acids is 1. The van der Waals surface area contributed by atoms with Gasteiger partial charge in [0.1, 0.15) is 5.82 Å². The molecule has 2 N–H and O–H groups in total. The first-order valence-electron chi connectivity index (χ1n) is 12.0. The molecule has 1 heterocycles. The van der Waals surface area contributed by atoms with Crippen LogP contribution in [0.5, 0.6) is 0 Å². The van der Waals surface area contributed by atoms with Crippen LogP contribution in [0, 0.1) is 5.82 Å². The number of pyridine rings is 1. The van der Waals surface area contributed by atoms with Crippen LogP contribution < -0.4 is 5.32 Å². The Bertz CT molecular complexity index is 1430. The lowest BCUT2D eigenvalue weighted by atomic mass is 9.94. The van der Waals surface area contributed by atoms with Crippen molar-refractivity contribution in [3.05, 3.63) is 125 Å². The fourth-order valence-corrected chi connectivity index (χ4v) is 4.05. The third-order valence-electron chi connectivity index (χ3n) is 5.95. The van der Waals surface area contributed by atoms with Crippen molar-refractivity contribution in [2.75, 3.05) is 6.54 Å². The van der Waals surface area contributed by atoms with Gasteiger partial charge in [0.05, 0.1) is 18.7 Å². The van der Waals surface area contributed by atoms with Crippen LogP contribution in [0.2, 0.25) is 0 Å². The molecule has 0 saturated carbocycles. The van der Waals surface area contributed by atoms with Crippen molar-refractivity contribution in [3.63, 3.8) is 0 Å². The number of amides is 2. The number of carboxylic acids is 1. The molecule has 0 saturated heterocycles. The van der Waals surface area contributed by atoms with Crippen molar-refractivity contribution in [1.29, 1.82) is 0 Å². The summed E-state index contributed by atoms with van der Waals surface area (Å²) in [6, 6.07) is 25.0. The number of hydrogen-bond acceptors (Lipinski definition) is 4. The van der Waals surface area contributed by atoms with E-state index in [4.69, 9.17) is 0 Å². The number of hydrogen-bond donors (Lipinski definition) is 2. The summed E-state index contributed by atoms with van der Waals surface area (Å²) in [5, 5.41) is 12.1. The molecule has 0 aliphatic carbocycles. The number of carbonyl (C=O) groups is 3. The molecule has 2 amide bonds. The number of aromatic nitrogens is 1. The molecule has 38 heavy (non-hydrogen) atoms. The second-order valence-electron chi connectivity index (χ2n) is 8.59. The average molecular weight is 512 g/mol. The van der Waals surface area contributed by atoms with Gasteiger partial charge in [0, 0.05) is 30.4 Å². The van der Waals surface area contributed by atoms with E-state index in [2.05, 4.69) is 10.3 Å². The Hall–Kier alpha value is -4.85. The predicted molar refractivity (Wildman–Crippen MR) is 141 cm³/mol. The number of carbonyl (C=O) groups excluding carboxylic acids is 2. The van der Waals surface area contributed by atoms with E-state index < -0.39 is 17.7 Å². The Morgan fingerprint density at radius 2 is 1.45 bits per heavy atom. The first kappa shape index (κ1) is 26.2. The molecule has 0 atom stereocenters. The van der Waals surface area contributed by atoms with Gasteiger partial charge >= 0.3 is 5.97 Å². The predicted octanol–water partition coefficient (Wildman–Crippen LogP) is 4.93. The molecular weight excluding hydrogens is 485 g/mol. The third kappa shape index (κ3) is 6.67. The second kappa shape index (κ2) is 12.4. The van der Waals surface area contributed by atoms with Gasteiger partial charge in [-0.15, -0.1) is 0 Å². The van der Waals surface area contributed by atoms with Gasteiger partial charge in [-0.05, 0) is 53.1 Å². The highest BCUT2D eigenvalue weighted by atomic mass is 19.1. The summed E-state index contributed by atoms with van der Waals surface area (Å²) in [7, 11) is 0. The average Bonchev–Trinajstić information content (AvgIpc) is 2.95. The molecule has 0 unspecified atom stereocenters. The van der Waals surface area contributed by atoms with Crippen LogP contribution in [0.15, 0.2) is 97.2 Å². The lowest BCUT2D eigenvalue weighted by Gasteiger charge is -2.24. The van der Waals surface area contributed by atoms with Crippen LogP contribution in [-0.4, -0.2) is 39.3 Å². The summed E-state index contributed by atoms with van der Waals surface area (Å²) in [4.78, 5) is 43.8. The van der Waals surface area contributed by atoms with Gasteiger partial charge in [0.2, 0.25) is 0 Å². The zero-order valence-electron chi connectivity index (χ0n) is 20.5. The maximum absolute atomic E-state index is 13.8. The fourth-order valence-electron chi connectivity index (χ4n) is 4.05. The van der Waals surface area contributed by atoms with Gasteiger partial charge in [-0.3, -0.25) is 19.4 Å². The highest BCUT2D eigenvalue weighted by Gasteiger charge is 2.23. The minimum Gasteiger partial charge on any atom is -0.481 e. The molecule has 0 bridgehead atoms. The monoisotopic (exact) mass is 511 g/mol. The summed E-state index contributed by atoms with van der Waals surface area (Å²) < 4.78 is 13.4. The summed E-state index contributed by atoms with van der Waals surface area (Å²) in [6.45, 7) is 0.314. The van der Waals surface area contributed by atoms with E-state index in [0.29, 0.717) is 33.5 Å². The maximum Gasteiger partial charge on any atom is 0.305 e. The molecule has 4 rings (SSSR count). The van der Waals surface area contributed by atoms with Crippen LogP contribution in [0.1, 0.15) is 38.4 Å². The largest absolute Gasteiger partial charge is 0.481 e. The quantitative estimate of drug-likeness (QED) is 0.314. The SMILES string of the molecule is O=C(O)CCN(Cc1ccc(F)cc1)C(=O)c1ccccc1-c1ccccc1C(=O)NCc1ccccn1. The van der Waals surface area contributed by atoms with Crippen LogP contribution in [-0.2, 0) is 17.9 Å². The van der Waals surface area contributed by atoms with Crippen LogP contribution >= 0.6 is 0 Å². The molecule has 8 heteroatoms. The molecule has 0 fully saturated rings. The smallest absolute Gasteiger partial charge is 0.305 e. The van der Waals surface area contributed by atoms with E-state index in [1.165, 1.54) is 17.0 Å². The Balaban J connectivity index is 1.64. The number of benzene rings is 3. The van der Waals surface area contributed by atoms with Gasteiger partial charge in [-0.1, -0.05) is 54.6 Å². The molecular formula is C30H26FN3O4. The van der Waals surface area contributed by atoms with Crippen molar-refractivity contribution in [2.45, 2.75) is 19.5 Å². The third-order valence-corrected chi connectivity index (χ3v) is 5.95. The van der Waals surface area contributed by atoms with E-state index in [1.807, 2.05) is 12.1 Å². The molecule has 192 valence electrons. The summed E-state index contributed by atoms with van der Waals surface area (Å²) >= 11 is 0. The molecule has 3 aromatic carbocycles. The van der Waals surface area contributed by atoms with Crippen molar-refractivity contribution in [2.24, 2.45) is 0 Å². The maximum atomic E-state index is 13.8. The highest BCUT2D eigenvalue weighted by Crippen LogP contribution is 2.29.